The smallest absolute Gasteiger partial charge is 0.235 e. The number of aryl methyl sites for hydroxylation is 1. The molecule has 0 atom stereocenters. The minimum absolute atomic E-state index is 0.234. The number of benzene rings is 1. The van der Waals surface area contributed by atoms with E-state index in [-0.39, 0.29) is 5.82 Å². The minimum Gasteiger partial charge on any atom is -0.264 e. The summed E-state index contributed by atoms with van der Waals surface area (Å²) in [7, 11) is 1.91. The second kappa shape index (κ2) is 6.60. The Bertz CT molecular complexity index is 1040. The number of halogens is 1. The summed E-state index contributed by atoms with van der Waals surface area (Å²) in [4.78, 5) is 0.740. The molecule has 0 unspecified atom stereocenters. The molecule has 8 heteroatoms. The summed E-state index contributed by atoms with van der Waals surface area (Å²) in [5.41, 5.74) is 2.94. The van der Waals surface area contributed by atoms with Gasteiger partial charge in [-0.3, -0.25) is 4.68 Å². The van der Waals surface area contributed by atoms with Gasteiger partial charge in [-0.15, -0.1) is 10.2 Å². The molecule has 0 N–H and O–H groups in total. The Morgan fingerprint density at radius 1 is 1.12 bits per heavy atom. The first-order valence-electron chi connectivity index (χ1n) is 8.48. The Morgan fingerprint density at radius 3 is 2.62 bits per heavy atom. The number of hydrogen-bond donors (Lipinski definition) is 0. The van der Waals surface area contributed by atoms with Crippen molar-refractivity contribution >= 4 is 16.3 Å². The molecule has 0 aliphatic rings. The molecule has 26 heavy (non-hydrogen) atoms. The van der Waals surface area contributed by atoms with Crippen molar-refractivity contribution in [3.05, 3.63) is 52.4 Å². The van der Waals surface area contributed by atoms with Crippen LogP contribution in [0.4, 0.5) is 4.39 Å². The third-order valence-electron chi connectivity index (χ3n) is 4.08. The average molecular weight is 370 g/mol. The summed E-state index contributed by atoms with van der Waals surface area (Å²) in [6.45, 7) is 4.34. The molecule has 0 saturated heterocycles. The lowest BCUT2D eigenvalue weighted by Crippen LogP contribution is -2.00. The summed E-state index contributed by atoms with van der Waals surface area (Å²) in [5, 5.41) is 18.7. The SMILES string of the molecule is CC(C)Cc1cc(-c2nnc3sc(Cc4ccc(F)cc4)nn23)n(C)n1. The molecule has 0 fully saturated rings. The maximum atomic E-state index is 13.1. The van der Waals surface area contributed by atoms with Crippen LogP contribution in [0.5, 0.6) is 0 Å². The fraction of sp³-hybridized carbons (Fsp3) is 0.333. The molecule has 0 aliphatic heterocycles. The van der Waals surface area contributed by atoms with Gasteiger partial charge in [0.1, 0.15) is 16.5 Å². The molecule has 0 saturated carbocycles. The monoisotopic (exact) mass is 370 g/mol. The number of hydrogen-bond acceptors (Lipinski definition) is 5. The van der Waals surface area contributed by atoms with Gasteiger partial charge in [-0.25, -0.2) is 4.39 Å². The van der Waals surface area contributed by atoms with Crippen molar-refractivity contribution in [1.82, 2.24) is 29.6 Å². The van der Waals surface area contributed by atoms with Crippen LogP contribution in [0.2, 0.25) is 0 Å². The predicted molar refractivity (Wildman–Crippen MR) is 98.6 cm³/mol. The summed E-state index contributed by atoms with van der Waals surface area (Å²) in [6.07, 6.45) is 1.56. The molecule has 0 aliphatic carbocycles. The van der Waals surface area contributed by atoms with Crippen molar-refractivity contribution in [2.24, 2.45) is 13.0 Å². The number of rotatable bonds is 5. The van der Waals surface area contributed by atoms with Crippen molar-refractivity contribution in [2.45, 2.75) is 26.7 Å². The van der Waals surface area contributed by atoms with Crippen LogP contribution in [-0.2, 0) is 19.9 Å². The first-order valence-corrected chi connectivity index (χ1v) is 9.30. The highest BCUT2D eigenvalue weighted by Gasteiger charge is 2.18. The summed E-state index contributed by atoms with van der Waals surface area (Å²) in [5.74, 6) is 0.993. The van der Waals surface area contributed by atoms with Crippen LogP contribution in [0, 0.1) is 11.7 Å². The fourth-order valence-corrected chi connectivity index (χ4v) is 3.79. The normalized spacial score (nSPS) is 11.7. The van der Waals surface area contributed by atoms with E-state index in [0.717, 1.165) is 33.3 Å². The molecular formula is C18H19FN6S. The zero-order valence-electron chi connectivity index (χ0n) is 14.8. The first kappa shape index (κ1) is 16.8. The Morgan fingerprint density at radius 2 is 1.88 bits per heavy atom. The van der Waals surface area contributed by atoms with E-state index < -0.39 is 0 Å². The molecule has 3 aromatic heterocycles. The van der Waals surface area contributed by atoms with Gasteiger partial charge in [-0.1, -0.05) is 37.3 Å². The van der Waals surface area contributed by atoms with Gasteiger partial charge >= 0.3 is 0 Å². The van der Waals surface area contributed by atoms with E-state index >= 15 is 0 Å². The van der Waals surface area contributed by atoms with E-state index in [2.05, 4.69) is 40.3 Å². The van der Waals surface area contributed by atoms with Crippen molar-refractivity contribution < 1.29 is 4.39 Å². The minimum atomic E-state index is -0.234. The predicted octanol–water partition coefficient (Wildman–Crippen LogP) is 3.51. The Hall–Kier alpha value is -2.61. The molecule has 3 heterocycles. The van der Waals surface area contributed by atoms with E-state index in [4.69, 9.17) is 0 Å². The molecule has 0 radical (unpaired) electrons. The van der Waals surface area contributed by atoms with Crippen LogP contribution in [0.3, 0.4) is 0 Å². The standard InChI is InChI=1S/C18H19FN6S/c1-11(2)8-14-10-15(24(3)22-14)17-20-21-18-25(17)23-16(26-18)9-12-4-6-13(19)7-5-12/h4-7,10-11H,8-9H2,1-3H3. The van der Waals surface area contributed by atoms with Crippen molar-refractivity contribution in [1.29, 1.82) is 0 Å². The van der Waals surface area contributed by atoms with E-state index in [1.807, 2.05) is 11.7 Å². The summed E-state index contributed by atoms with van der Waals surface area (Å²) >= 11 is 1.49. The van der Waals surface area contributed by atoms with Crippen LogP contribution >= 0.6 is 11.3 Å². The maximum Gasteiger partial charge on any atom is 0.235 e. The number of fused-ring (bicyclic) bond motifs is 1. The van der Waals surface area contributed by atoms with Crippen LogP contribution in [0.1, 0.15) is 30.1 Å². The van der Waals surface area contributed by atoms with E-state index in [9.17, 15) is 4.39 Å². The fourth-order valence-electron chi connectivity index (χ4n) is 2.92. The molecule has 4 rings (SSSR count). The zero-order chi connectivity index (χ0) is 18.3. The van der Waals surface area contributed by atoms with Crippen molar-refractivity contribution in [3.8, 4) is 11.5 Å². The number of nitrogens with zero attached hydrogens (tertiary/aromatic N) is 6. The third-order valence-corrected chi connectivity index (χ3v) is 4.98. The van der Waals surface area contributed by atoms with Gasteiger partial charge in [-0.05, 0) is 36.1 Å². The molecule has 0 amide bonds. The zero-order valence-corrected chi connectivity index (χ0v) is 15.7. The highest BCUT2D eigenvalue weighted by Crippen LogP contribution is 2.24. The van der Waals surface area contributed by atoms with Gasteiger partial charge in [-0.2, -0.15) is 14.7 Å². The van der Waals surface area contributed by atoms with Gasteiger partial charge in [0.25, 0.3) is 0 Å². The lowest BCUT2D eigenvalue weighted by Gasteiger charge is -1.98. The van der Waals surface area contributed by atoms with E-state index in [0.29, 0.717) is 18.2 Å². The largest absolute Gasteiger partial charge is 0.264 e. The van der Waals surface area contributed by atoms with Crippen LogP contribution in [0.25, 0.3) is 16.5 Å². The molecule has 4 aromatic rings. The molecular weight excluding hydrogens is 351 g/mol. The van der Waals surface area contributed by atoms with Gasteiger partial charge in [0.2, 0.25) is 10.8 Å². The van der Waals surface area contributed by atoms with Gasteiger partial charge in [0.05, 0.1) is 5.69 Å². The van der Waals surface area contributed by atoms with Crippen LogP contribution in [0.15, 0.2) is 30.3 Å². The van der Waals surface area contributed by atoms with Crippen molar-refractivity contribution in [2.75, 3.05) is 0 Å². The maximum absolute atomic E-state index is 13.1. The highest BCUT2D eigenvalue weighted by molar-refractivity contribution is 7.16. The molecule has 134 valence electrons. The van der Waals surface area contributed by atoms with Gasteiger partial charge in [0.15, 0.2) is 0 Å². The Kier molecular flexibility index (Phi) is 4.28. The third kappa shape index (κ3) is 3.24. The van der Waals surface area contributed by atoms with Gasteiger partial charge < -0.3 is 0 Å². The summed E-state index contributed by atoms with van der Waals surface area (Å²) in [6, 6.07) is 8.53. The van der Waals surface area contributed by atoms with Gasteiger partial charge in [0, 0.05) is 13.5 Å². The quantitative estimate of drug-likeness (QED) is 0.539. The first-order chi connectivity index (χ1) is 12.5. The topological polar surface area (TPSA) is 60.9 Å². The Balaban J connectivity index is 1.66. The van der Waals surface area contributed by atoms with E-state index in [1.54, 1.807) is 16.6 Å². The lowest BCUT2D eigenvalue weighted by molar-refractivity contribution is 0.621. The summed E-state index contributed by atoms with van der Waals surface area (Å²) < 4.78 is 16.6. The molecule has 6 nitrogen and oxygen atoms in total. The highest BCUT2D eigenvalue weighted by atomic mass is 32.1. The van der Waals surface area contributed by atoms with E-state index in [1.165, 1.54) is 23.5 Å². The average Bonchev–Trinajstić information content (AvgIpc) is 3.23. The van der Waals surface area contributed by atoms with Crippen LogP contribution in [-0.4, -0.2) is 29.6 Å². The van der Waals surface area contributed by atoms with Crippen LogP contribution < -0.4 is 0 Å². The Labute approximate surface area is 154 Å². The molecule has 0 bridgehead atoms. The number of aromatic nitrogens is 6. The molecule has 1 aromatic carbocycles. The molecule has 0 spiro atoms. The second-order valence-electron chi connectivity index (χ2n) is 6.76. The van der Waals surface area contributed by atoms with Crippen molar-refractivity contribution in [3.63, 3.8) is 0 Å². The second-order valence-corrected chi connectivity index (χ2v) is 7.80. The lowest BCUT2D eigenvalue weighted by atomic mass is 10.1.